The molecule has 3 unspecified atom stereocenters. The molecule has 1 saturated heterocycles. The van der Waals surface area contributed by atoms with Crippen molar-refractivity contribution in [3.8, 4) is 0 Å². The van der Waals surface area contributed by atoms with Crippen molar-refractivity contribution in [2.45, 2.75) is 50.3 Å². The third-order valence-corrected chi connectivity index (χ3v) is 4.07. The fraction of sp³-hybridized carbons (Fsp3) is 1.00. The number of hydrogen-bond donors (Lipinski definition) is 1. The van der Waals surface area contributed by atoms with Crippen LogP contribution < -0.4 is 5.32 Å². The monoisotopic (exact) mass is 212 g/mol. The molecule has 0 spiro atoms. The van der Waals surface area contributed by atoms with Gasteiger partial charge in [-0.05, 0) is 45.7 Å². The quantitative estimate of drug-likeness (QED) is 0.762. The van der Waals surface area contributed by atoms with E-state index in [-0.39, 0.29) is 0 Å². The van der Waals surface area contributed by atoms with E-state index in [1.165, 1.54) is 45.2 Å². The van der Waals surface area contributed by atoms with Gasteiger partial charge in [-0.2, -0.15) is 0 Å². The van der Waals surface area contributed by atoms with E-state index < -0.39 is 0 Å². The molecule has 1 aliphatic heterocycles. The molecular weight excluding hydrogens is 188 g/mol. The summed E-state index contributed by atoms with van der Waals surface area (Å²) in [4.78, 5) is 2.67. The summed E-state index contributed by atoms with van der Waals surface area (Å²) < 4.78 is 5.44. The number of methoxy groups -OCH3 is 1. The van der Waals surface area contributed by atoms with Crippen LogP contribution in [-0.4, -0.2) is 50.3 Å². The van der Waals surface area contributed by atoms with E-state index in [2.05, 4.69) is 17.3 Å². The van der Waals surface area contributed by atoms with Crippen molar-refractivity contribution >= 4 is 0 Å². The number of nitrogens with one attached hydrogen (secondary N) is 1. The van der Waals surface area contributed by atoms with Gasteiger partial charge >= 0.3 is 0 Å². The number of ether oxygens (including phenoxy) is 1. The molecule has 3 nitrogen and oxygen atoms in total. The lowest BCUT2D eigenvalue weighted by Crippen LogP contribution is -2.48. The highest BCUT2D eigenvalue weighted by atomic mass is 16.5. The highest BCUT2D eigenvalue weighted by Gasteiger charge is 2.31. The minimum absolute atomic E-state index is 0.518. The van der Waals surface area contributed by atoms with E-state index in [9.17, 15) is 0 Å². The lowest BCUT2D eigenvalue weighted by Gasteiger charge is -2.36. The van der Waals surface area contributed by atoms with Crippen LogP contribution in [0.25, 0.3) is 0 Å². The van der Waals surface area contributed by atoms with Crippen molar-refractivity contribution in [1.29, 1.82) is 0 Å². The van der Waals surface area contributed by atoms with Gasteiger partial charge in [-0.15, -0.1) is 0 Å². The van der Waals surface area contributed by atoms with E-state index >= 15 is 0 Å². The van der Waals surface area contributed by atoms with Gasteiger partial charge in [-0.1, -0.05) is 0 Å². The lowest BCUT2D eigenvalue weighted by atomic mass is 10.0. The average molecular weight is 212 g/mol. The minimum Gasteiger partial charge on any atom is -0.381 e. The fourth-order valence-corrected chi connectivity index (χ4v) is 3.04. The Morgan fingerprint density at radius 1 is 1.27 bits per heavy atom. The average Bonchev–Trinajstić information content (AvgIpc) is 2.78. The van der Waals surface area contributed by atoms with Crippen LogP contribution in [0.4, 0.5) is 0 Å². The molecule has 15 heavy (non-hydrogen) atoms. The fourth-order valence-electron chi connectivity index (χ4n) is 3.04. The van der Waals surface area contributed by atoms with Crippen molar-refractivity contribution in [2.75, 3.05) is 27.2 Å². The standard InChI is InChI=1S/C12H24N2O/c1-13-10-4-3-7-14(9-10)11-5-6-12(8-11)15-2/h10-13H,3-9H2,1-2H3. The van der Waals surface area contributed by atoms with E-state index in [0.717, 1.165) is 6.04 Å². The number of rotatable bonds is 3. The van der Waals surface area contributed by atoms with Crippen LogP contribution in [0, 0.1) is 0 Å². The van der Waals surface area contributed by atoms with Crippen LogP contribution in [0.15, 0.2) is 0 Å². The van der Waals surface area contributed by atoms with E-state index in [0.29, 0.717) is 12.1 Å². The number of piperidine rings is 1. The zero-order valence-corrected chi connectivity index (χ0v) is 10.0. The predicted molar refractivity (Wildman–Crippen MR) is 62.1 cm³/mol. The van der Waals surface area contributed by atoms with Gasteiger partial charge in [-0.3, -0.25) is 4.90 Å². The Morgan fingerprint density at radius 3 is 2.80 bits per heavy atom. The van der Waals surface area contributed by atoms with E-state index in [1.54, 1.807) is 0 Å². The maximum absolute atomic E-state index is 5.44. The summed E-state index contributed by atoms with van der Waals surface area (Å²) in [6.07, 6.45) is 7.03. The van der Waals surface area contributed by atoms with Crippen molar-refractivity contribution in [3.63, 3.8) is 0 Å². The van der Waals surface area contributed by atoms with Crippen LogP contribution in [0.5, 0.6) is 0 Å². The zero-order valence-electron chi connectivity index (χ0n) is 10.0. The molecule has 2 fully saturated rings. The second-order valence-corrected chi connectivity index (χ2v) is 4.95. The Hall–Kier alpha value is -0.120. The SMILES string of the molecule is CNC1CCCN(C2CCC(OC)C2)C1. The first-order valence-corrected chi connectivity index (χ1v) is 6.27. The Balaban J connectivity index is 1.83. The third-order valence-electron chi connectivity index (χ3n) is 4.07. The summed E-state index contributed by atoms with van der Waals surface area (Å²) in [5, 5.41) is 3.41. The minimum atomic E-state index is 0.518. The summed E-state index contributed by atoms with van der Waals surface area (Å²) in [7, 11) is 3.93. The second kappa shape index (κ2) is 5.28. The molecule has 3 heteroatoms. The highest BCUT2D eigenvalue weighted by Crippen LogP contribution is 2.28. The molecule has 2 rings (SSSR count). The maximum Gasteiger partial charge on any atom is 0.0586 e. The van der Waals surface area contributed by atoms with Crippen LogP contribution in [-0.2, 0) is 4.74 Å². The lowest BCUT2D eigenvalue weighted by molar-refractivity contribution is 0.0885. The number of likely N-dealkylation sites (tertiary alicyclic amines) is 1. The van der Waals surface area contributed by atoms with E-state index in [1.807, 2.05) is 7.11 Å². The van der Waals surface area contributed by atoms with Crippen LogP contribution >= 0.6 is 0 Å². The van der Waals surface area contributed by atoms with Crippen LogP contribution in [0.2, 0.25) is 0 Å². The molecule has 1 heterocycles. The maximum atomic E-state index is 5.44. The molecule has 0 aromatic carbocycles. The molecule has 0 amide bonds. The van der Waals surface area contributed by atoms with Crippen molar-refractivity contribution in [1.82, 2.24) is 10.2 Å². The first-order chi connectivity index (χ1) is 7.33. The normalized spacial score (nSPS) is 38.4. The molecule has 88 valence electrons. The van der Waals surface area contributed by atoms with Crippen LogP contribution in [0.3, 0.4) is 0 Å². The van der Waals surface area contributed by atoms with Crippen molar-refractivity contribution < 1.29 is 4.74 Å². The Morgan fingerprint density at radius 2 is 2.13 bits per heavy atom. The second-order valence-electron chi connectivity index (χ2n) is 4.95. The Kier molecular flexibility index (Phi) is 4.00. The molecule has 1 saturated carbocycles. The largest absolute Gasteiger partial charge is 0.381 e. The summed E-state index contributed by atoms with van der Waals surface area (Å²) >= 11 is 0. The molecule has 0 aromatic rings. The molecule has 1 N–H and O–H groups in total. The predicted octanol–water partition coefficient (Wildman–Crippen LogP) is 1.24. The molecule has 0 bridgehead atoms. The summed E-state index contributed by atoms with van der Waals surface area (Å²) in [6.45, 7) is 2.52. The van der Waals surface area contributed by atoms with Gasteiger partial charge in [0.25, 0.3) is 0 Å². The smallest absolute Gasteiger partial charge is 0.0586 e. The Labute approximate surface area is 93.2 Å². The van der Waals surface area contributed by atoms with E-state index in [4.69, 9.17) is 4.74 Å². The summed E-state index contributed by atoms with van der Waals surface area (Å²) in [5.41, 5.74) is 0. The van der Waals surface area contributed by atoms with Crippen molar-refractivity contribution in [3.05, 3.63) is 0 Å². The molecule has 3 atom stereocenters. The van der Waals surface area contributed by atoms with Gasteiger partial charge in [0.15, 0.2) is 0 Å². The topological polar surface area (TPSA) is 24.5 Å². The zero-order chi connectivity index (χ0) is 10.7. The van der Waals surface area contributed by atoms with Gasteiger partial charge in [-0.25, -0.2) is 0 Å². The van der Waals surface area contributed by atoms with Crippen LogP contribution in [0.1, 0.15) is 32.1 Å². The third kappa shape index (κ3) is 2.71. The first-order valence-electron chi connectivity index (χ1n) is 6.27. The highest BCUT2D eigenvalue weighted by molar-refractivity contribution is 4.87. The van der Waals surface area contributed by atoms with Gasteiger partial charge in [0.2, 0.25) is 0 Å². The molecule has 0 aromatic heterocycles. The van der Waals surface area contributed by atoms with Crippen molar-refractivity contribution in [2.24, 2.45) is 0 Å². The molecule has 0 radical (unpaired) electrons. The number of likely N-dealkylation sites (N-methyl/N-ethyl adjacent to an activating group) is 1. The molecule has 1 aliphatic carbocycles. The van der Waals surface area contributed by atoms with Gasteiger partial charge in [0.05, 0.1) is 6.10 Å². The first kappa shape index (κ1) is 11.4. The molecular formula is C12H24N2O. The number of hydrogen-bond acceptors (Lipinski definition) is 3. The number of nitrogens with zero attached hydrogens (tertiary/aromatic N) is 1. The van der Waals surface area contributed by atoms with Gasteiger partial charge in [0, 0.05) is 25.7 Å². The van der Waals surface area contributed by atoms with Gasteiger partial charge in [0.1, 0.15) is 0 Å². The summed E-state index contributed by atoms with van der Waals surface area (Å²) in [6, 6.07) is 1.49. The summed E-state index contributed by atoms with van der Waals surface area (Å²) in [5.74, 6) is 0. The Bertz CT molecular complexity index is 198. The van der Waals surface area contributed by atoms with Gasteiger partial charge < -0.3 is 10.1 Å². The molecule has 2 aliphatic rings.